The monoisotopic (exact) mass is 356 g/mol. The average Bonchev–Trinajstić information content (AvgIpc) is 2.99. The Morgan fingerprint density at radius 1 is 1.15 bits per heavy atom. The summed E-state index contributed by atoms with van der Waals surface area (Å²) in [6.45, 7) is 0.540. The Hall–Kier alpha value is -2.04. The predicted octanol–water partition coefficient (Wildman–Crippen LogP) is 2.56. The van der Waals surface area contributed by atoms with Gasteiger partial charge in [0.25, 0.3) is 0 Å². The van der Waals surface area contributed by atoms with Crippen molar-refractivity contribution in [3.05, 3.63) is 29.8 Å². The minimum Gasteiger partial charge on any atom is -0.497 e. The smallest absolute Gasteiger partial charge is 0.225 e. The van der Waals surface area contributed by atoms with Gasteiger partial charge in [-0.15, -0.1) is 0 Å². The summed E-state index contributed by atoms with van der Waals surface area (Å²) < 4.78 is 5.28. The third kappa shape index (κ3) is 2.97. The Bertz CT molecular complexity index is 687. The van der Waals surface area contributed by atoms with Crippen LogP contribution in [0, 0.1) is 17.8 Å². The predicted molar refractivity (Wildman–Crippen MR) is 98.9 cm³/mol. The van der Waals surface area contributed by atoms with Crippen molar-refractivity contribution in [2.75, 3.05) is 20.7 Å². The van der Waals surface area contributed by atoms with E-state index in [9.17, 15) is 9.59 Å². The molecule has 2 amide bonds. The summed E-state index contributed by atoms with van der Waals surface area (Å²) in [5, 5.41) is 3.33. The van der Waals surface area contributed by atoms with Crippen LogP contribution in [0.3, 0.4) is 0 Å². The fourth-order valence-corrected chi connectivity index (χ4v) is 5.27. The molecule has 1 N–H and O–H groups in total. The second-order valence-electron chi connectivity index (χ2n) is 8.12. The summed E-state index contributed by atoms with van der Waals surface area (Å²) in [6, 6.07) is 8.49. The second kappa shape index (κ2) is 6.93. The highest BCUT2D eigenvalue weighted by molar-refractivity contribution is 5.89. The molecule has 2 aliphatic carbocycles. The number of methoxy groups -OCH3 is 1. The molecule has 3 fully saturated rings. The normalized spacial score (nSPS) is 33.4. The summed E-state index contributed by atoms with van der Waals surface area (Å²) in [7, 11) is 3.45. The molecule has 1 aliphatic heterocycles. The van der Waals surface area contributed by atoms with Crippen LogP contribution in [-0.2, 0) is 9.59 Å². The maximum atomic E-state index is 12.8. The molecule has 1 saturated heterocycles. The van der Waals surface area contributed by atoms with Crippen molar-refractivity contribution in [2.45, 2.75) is 44.1 Å². The van der Waals surface area contributed by atoms with E-state index in [-0.39, 0.29) is 23.8 Å². The van der Waals surface area contributed by atoms with Crippen LogP contribution in [0.1, 0.15) is 43.6 Å². The van der Waals surface area contributed by atoms with Crippen LogP contribution in [0.5, 0.6) is 5.75 Å². The number of ether oxygens (including phenoxy) is 1. The van der Waals surface area contributed by atoms with Crippen LogP contribution in [-0.4, -0.2) is 43.5 Å². The van der Waals surface area contributed by atoms with Gasteiger partial charge < -0.3 is 15.0 Å². The van der Waals surface area contributed by atoms with Gasteiger partial charge in [-0.25, -0.2) is 0 Å². The first-order chi connectivity index (χ1) is 12.6. The molecule has 0 aromatic heterocycles. The lowest BCUT2D eigenvalue weighted by molar-refractivity contribution is -0.130. The molecule has 26 heavy (non-hydrogen) atoms. The number of likely N-dealkylation sites (tertiary alicyclic amines) is 1. The lowest BCUT2D eigenvalue weighted by Gasteiger charge is -2.55. The van der Waals surface area contributed by atoms with Crippen molar-refractivity contribution in [2.24, 2.45) is 17.8 Å². The number of benzene rings is 1. The number of carbonyl (C=O) groups is 2. The number of nitrogens with zero attached hydrogens (tertiary/aromatic N) is 1. The Kier molecular flexibility index (Phi) is 4.63. The van der Waals surface area contributed by atoms with E-state index in [4.69, 9.17) is 4.74 Å². The van der Waals surface area contributed by atoms with Gasteiger partial charge in [-0.2, -0.15) is 0 Å². The lowest BCUT2D eigenvalue weighted by atomic mass is 9.53. The van der Waals surface area contributed by atoms with E-state index in [1.807, 2.05) is 12.1 Å². The lowest BCUT2D eigenvalue weighted by Crippen LogP contribution is -2.60. The third-order valence-corrected chi connectivity index (χ3v) is 6.71. The summed E-state index contributed by atoms with van der Waals surface area (Å²) in [5.41, 5.74) is 1.29. The van der Waals surface area contributed by atoms with Crippen LogP contribution >= 0.6 is 0 Å². The first kappa shape index (κ1) is 17.4. The molecule has 3 unspecified atom stereocenters. The number of hydrogen-bond acceptors (Lipinski definition) is 3. The molecule has 0 spiro atoms. The highest BCUT2D eigenvalue weighted by Crippen LogP contribution is 2.54. The summed E-state index contributed by atoms with van der Waals surface area (Å²) in [5.74, 6) is 2.40. The number of nitrogens with one attached hydrogen (secondary N) is 1. The van der Waals surface area contributed by atoms with Crippen molar-refractivity contribution in [1.82, 2.24) is 10.2 Å². The Morgan fingerprint density at radius 2 is 1.85 bits per heavy atom. The van der Waals surface area contributed by atoms with E-state index in [2.05, 4.69) is 17.4 Å². The maximum Gasteiger partial charge on any atom is 0.225 e. The van der Waals surface area contributed by atoms with Crippen molar-refractivity contribution < 1.29 is 14.3 Å². The number of rotatable bonds is 4. The van der Waals surface area contributed by atoms with Gasteiger partial charge in [-0.05, 0) is 42.4 Å². The van der Waals surface area contributed by atoms with Crippen molar-refractivity contribution in [3.63, 3.8) is 0 Å². The number of hydrogen-bond donors (Lipinski definition) is 1. The molecule has 1 heterocycles. The van der Waals surface area contributed by atoms with Crippen molar-refractivity contribution >= 4 is 11.8 Å². The number of carbonyl (C=O) groups excluding carboxylic acids is 2. The van der Waals surface area contributed by atoms with Gasteiger partial charge in [0.1, 0.15) is 5.75 Å². The maximum absolute atomic E-state index is 12.8. The molecule has 1 aromatic carbocycles. The fraction of sp³-hybridized carbons (Fsp3) is 0.619. The molecular weight excluding hydrogens is 328 g/mol. The minimum atomic E-state index is -0.202. The van der Waals surface area contributed by atoms with E-state index >= 15 is 0 Å². The first-order valence-electron chi connectivity index (χ1n) is 9.76. The molecule has 140 valence electrons. The molecule has 0 bridgehead atoms. The fourth-order valence-electron chi connectivity index (χ4n) is 5.27. The number of fused-ring (bicyclic) bond motifs is 1. The molecule has 4 rings (SSSR count). The van der Waals surface area contributed by atoms with Crippen LogP contribution in [0.2, 0.25) is 0 Å². The van der Waals surface area contributed by atoms with E-state index in [1.165, 1.54) is 31.2 Å². The second-order valence-corrected chi connectivity index (χ2v) is 8.12. The van der Waals surface area contributed by atoms with Gasteiger partial charge in [-0.1, -0.05) is 25.0 Å². The van der Waals surface area contributed by atoms with Crippen LogP contribution < -0.4 is 10.1 Å². The molecular formula is C21H28N2O3. The molecule has 1 aromatic rings. The quantitative estimate of drug-likeness (QED) is 0.902. The standard InChI is InChI=1S/C21H28N2O3/c1-23-12-14(11-18(23)24)21(25)22-20-17-6-4-3-5-16(17)19(20)13-7-9-15(26-2)10-8-13/h7-10,14,16-17,19-20H,3-6,11-12H2,1-2H3,(H,22,25)/t14?,16?,17?,19-,20-/m0/s1. The third-order valence-electron chi connectivity index (χ3n) is 6.71. The average molecular weight is 356 g/mol. The Balaban J connectivity index is 1.50. The van der Waals surface area contributed by atoms with Gasteiger partial charge in [0.15, 0.2) is 0 Å². The minimum absolute atomic E-state index is 0.0511. The summed E-state index contributed by atoms with van der Waals surface area (Å²) >= 11 is 0. The van der Waals surface area contributed by atoms with Crippen LogP contribution in [0.25, 0.3) is 0 Å². The topological polar surface area (TPSA) is 58.6 Å². The van der Waals surface area contributed by atoms with Gasteiger partial charge in [0.2, 0.25) is 11.8 Å². The zero-order chi connectivity index (χ0) is 18.3. The summed E-state index contributed by atoms with van der Waals surface area (Å²) in [4.78, 5) is 26.2. The largest absolute Gasteiger partial charge is 0.497 e. The molecule has 3 aliphatic rings. The highest BCUT2D eigenvalue weighted by Gasteiger charge is 2.52. The molecule has 5 atom stereocenters. The molecule has 5 nitrogen and oxygen atoms in total. The van der Waals surface area contributed by atoms with Crippen LogP contribution in [0.4, 0.5) is 0 Å². The summed E-state index contributed by atoms with van der Waals surface area (Å²) in [6.07, 6.45) is 5.34. The van der Waals surface area contributed by atoms with Crippen molar-refractivity contribution in [3.8, 4) is 5.75 Å². The van der Waals surface area contributed by atoms with Gasteiger partial charge in [-0.3, -0.25) is 9.59 Å². The SMILES string of the molecule is COc1ccc([C@H]2C3CCCCC3[C@@H]2NC(=O)C2CC(=O)N(C)C2)cc1. The Labute approximate surface area is 155 Å². The first-order valence-corrected chi connectivity index (χ1v) is 9.76. The number of amides is 2. The molecule has 2 saturated carbocycles. The van der Waals surface area contributed by atoms with Gasteiger partial charge >= 0.3 is 0 Å². The van der Waals surface area contributed by atoms with E-state index in [1.54, 1.807) is 19.1 Å². The van der Waals surface area contributed by atoms with E-state index in [0.29, 0.717) is 30.7 Å². The Morgan fingerprint density at radius 3 is 2.46 bits per heavy atom. The zero-order valence-electron chi connectivity index (χ0n) is 15.6. The highest BCUT2D eigenvalue weighted by atomic mass is 16.5. The van der Waals surface area contributed by atoms with E-state index in [0.717, 1.165) is 5.75 Å². The van der Waals surface area contributed by atoms with E-state index < -0.39 is 0 Å². The van der Waals surface area contributed by atoms with Gasteiger partial charge in [0, 0.05) is 32.0 Å². The zero-order valence-corrected chi connectivity index (χ0v) is 15.6. The van der Waals surface area contributed by atoms with Crippen LogP contribution in [0.15, 0.2) is 24.3 Å². The molecule has 5 heteroatoms. The van der Waals surface area contributed by atoms with Crippen molar-refractivity contribution in [1.29, 1.82) is 0 Å². The van der Waals surface area contributed by atoms with Gasteiger partial charge in [0.05, 0.1) is 13.0 Å². The molecule has 0 radical (unpaired) electrons.